The molecule has 4 N–H and O–H groups in total. The van der Waals surface area contributed by atoms with E-state index in [0.29, 0.717) is 12.0 Å². The molecule has 2 aromatic carbocycles. The van der Waals surface area contributed by atoms with Crippen LogP contribution in [0.5, 0.6) is 0 Å². The van der Waals surface area contributed by atoms with Gasteiger partial charge in [0.15, 0.2) is 11.2 Å². The number of nitrogens with one attached hydrogen (secondary N) is 1. The van der Waals surface area contributed by atoms with E-state index in [-0.39, 0.29) is 5.57 Å². The Morgan fingerprint density at radius 1 is 1.08 bits per heavy atom. The lowest BCUT2D eigenvalue weighted by Gasteiger charge is -2.40. The molecule has 2 heterocycles. The maximum absolute atomic E-state index is 13.1. The first-order valence-electron chi connectivity index (χ1n) is 12.3. The highest BCUT2D eigenvalue weighted by Crippen LogP contribution is 2.30. The third kappa shape index (κ3) is 5.27. The van der Waals surface area contributed by atoms with E-state index in [1.165, 1.54) is 26.2 Å². The SMILES string of the molecule is CC[C@H]1OC(O)[C@H](NS(=O)(=O)/C(C#N)=C(\C)c2ccc3cc(N4CCCCC4)ccc3c2)[C@@H](O)[C@@H]1O. The van der Waals surface area contributed by atoms with Gasteiger partial charge in [0.25, 0.3) is 10.0 Å². The van der Waals surface area contributed by atoms with Crippen molar-refractivity contribution in [2.45, 2.75) is 70.2 Å². The minimum absolute atomic E-state index is 0.222. The summed E-state index contributed by atoms with van der Waals surface area (Å²) in [5.41, 5.74) is 1.94. The van der Waals surface area contributed by atoms with Crippen LogP contribution in [-0.2, 0) is 14.8 Å². The van der Waals surface area contributed by atoms with Gasteiger partial charge in [-0.2, -0.15) is 9.98 Å². The lowest BCUT2D eigenvalue weighted by molar-refractivity contribution is -0.244. The lowest BCUT2D eigenvalue weighted by Crippen LogP contribution is -2.63. The number of hydrogen-bond donors (Lipinski definition) is 4. The molecule has 2 fully saturated rings. The molecule has 0 amide bonds. The van der Waals surface area contributed by atoms with E-state index in [1.54, 1.807) is 19.1 Å². The van der Waals surface area contributed by atoms with Crippen molar-refractivity contribution in [3.63, 3.8) is 0 Å². The molecule has 2 aliphatic heterocycles. The summed E-state index contributed by atoms with van der Waals surface area (Å²) in [5.74, 6) is 0. The van der Waals surface area contributed by atoms with Crippen molar-refractivity contribution in [1.29, 1.82) is 5.26 Å². The highest BCUT2D eigenvalue weighted by molar-refractivity contribution is 7.93. The Balaban J connectivity index is 1.61. The molecular formula is C26H33N3O6S. The van der Waals surface area contributed by atoms with E-state index in [4.69, 9.17) is 4.74 Å². The number of hydrogen-bond acceptors (Lipinski definition) is 8. The zero-order valence-electron chi connectivity index (χ0n) is 20.5. The quantitative estimate of drug-likeness (QED) is 0.429. The minimum atomic E-state index is -4.46. The van der Waals surface area contributed by atoms with E-state index in [2.05, 4.69) is 21.8 Å². The maximum atomic E-state index is 13.1. The highest BCUT2D eigenvalue weighted by Gasteiger charge is 2.45. The van der Waals surface area contributed by atoms with Crippen LogP contribution in [-0.4, -0.2) is 67.5 Å². The van der Waals surface area contributed by atoms with Crippen molar-refractivity contribution in [2.24, 2.45) is 0 Å². The van der Waals surface area contributed by atoms with Crippen molar-refractivity contribution in [3.8, 4) is 6.07 Å². The molecule has 194 valence electrons. The molecule has 2 saturated heterocycles. The second-order valence-electron chi connectivity index (χ2n) is 9.46. The van der Waals surface area contributed by atoms with Gasteiger partial charge in [-0.1, -0.05) is 25.1 Å². The van der Waals surface area contributed by atoms with Gasteiger partial charge >= 0.3 is 0 Å². The summed E-state index contributed by atoms with van der Waals surface area (Å²) in [7, 11) is -4.46. The Labute approximate surface area is 211 Å². The number of piperidine rings is 1. The molecule has 2 aliphatic rings. The summed E-state index contributed by atoms with van der Waals surface area (Å²) in [6, 6.07) is 11.9. The second-order valence-corrected chi connectivity index (χ2v) is 11.1. The fourth-order valence-corrected chi connectivity index (χ4v) is 6.31. The Kier molecular flexibility index (Phi) is 7.99. The van der Waals surface area contributed by atoms with Gasteiger partial charge in [0.1, 0.15) is 24.3 Å². The first-order chi connectivity index (χ1) is 17.2. The molecule has 2 aromatic rings. The Bertz CT molecular complexity index is 1280. The lowest BCUT2D eigenvalue weighted by atomic mass is 9.96. The number of ether oxygens (including phenoxy) is 1. The average Bonchev–Trinajstić information content (AvgIpc) is 2.88. The standard InChI is InChI=1S/C26H33N3O6S/c1-3-21-24(30)25(31)23(26(32)35-21)28-36(33,34)22(15-27)16(2)17-7-8-19-14-20(10-9-18(19)13-17)29-11-5-4-6-12-29/h7-10,13-14,21,23-26,28,30-32H,3-6,11-12H2,1-2H3/b22-16+/t21-,23-,24-,25-,26?/m1/s1. The zero-order chi connectivity index (χ0) is 26.0. The molecule has 0 aliphatic carbocycles. The monoisotopic (exact) mass is 515 g/mol. The van der Waals surface area contributed by atoms with Gasteiger partial charge in [0, 0.05) is 18.8 Å². The minimum Gasteiger partial charge on any atom is -0.388 e. The number of allylic oxidation sites excluding steroid dienone is 2. The maximum Gasteiger partial charge on any atom is 0.251 e. The molecule has 0 bridgehead atoms. The number of benzene rings is 2. The van der Waals surface area contributed by atoms with Crippen molar-refractivity contribution >= 4 is 32.1 Å². The van der Waals surface area contributed by atoms with Crippen LogP contribution >= 0.6 is 0 Å². The van der Waals surface area contributed by atoms with E-state index >= 15 is 0 Å². The van der Waals surface area contributed by atoms with E-state index < -0.39 is 45.6 Å². The van der Waals surface area contributed by atoms with Crippen molar-refractivity contribution in [3.05, 3.63) is 46.9 Å². The Morgan fingerprint density at radius 2 is 1.75 bits per heavy atom. The molecule has 1 unspecified atom stereocenters. The van der Waals surface area contributed by atoms with E-state index in [0.717, 1.165) is 29.5 Å². The number of aliphatic hydroxyl groups excluding tert-OH is 3. The van der Waals surface area contributed by atoms with E-state index in [9.17, 15) is 29.0 Å². The summed E-state index contributed by atoms with van der Waals surface area (Å²) < 4.78 is 33.6. The molecule has 0 aromatic heterocycles. The van der Waals surface area contributed by atoms with Crippen molar-refractivity contribution in [2.75, 3.05) is 18.0 Å². The van der Waals surface area contributed by atoms with Gasteiger partial charge in [0.2, 0.25) is 0 Å². The average molecular weight is 516 g/mol. The third-order valence-electron chi connectivity index (χ3n) is 7.10. The number of rotatable bonds is 6. The van der Waals surface area contributed by atoms with Gasteiger partial charge in [-0.05, 0) is 72.7 Å². The van der Waals surface area contributed by atoms with Crippen LogP contribution in [0, 0.1) is 11.3 Å². The summed E-state index contributed by atoms with van der Waals surface area (Å²) in [5, 5.41) is 42.5. The van der Waals surface area contributed by atoms with E-state index in [1.807, 2.05) is 18.2 Å². The summed E-state index contributed by atoms with van der Waals surface area (Å²) in [6.07, 6.45) is -1.59. The predicted octanol–water partition coefficient (Wildman–Crippen LogP) is 2.22. The Morgan fingerprint density at radius 3 is 2.42 bits per heavy atom. The normalized spacial score (nSPS) is 28.0. The fraction of sp³-hybridized carbons (Fsp3) is 0.500. The summed E-state index contributed by atoms with van der Waals surface area (Å²) in [6.45, 7) is 5.31. The smallest absolute Gasteiger partial charge is 0.251 e. The molecule has 0 spiro atoms. The Hall–Kier alpha value is -2.52. The van der Waals surface area contributed by atoms with Gasteiger partial charge in [0.05, 0.1) is 6.10 Å². The molecular weight excluding hydrogens is 482 g/mol. The predicted molar refractivity (Wildman–Crippen MR) is 137 cm³/mol. The van der Waals surface area contributed by atoms with Crippen molar-refractivity contribution < 1.29 is 28.5 Å². The molecule has 36 heavy (non-hydrogen) atoms. The molecule has 0 radical (unpaired) electrons. The number of anilines is 1. The van der Waals surface area contributed by atoms with Crippen LogP contribution < -0.4 is 9.62 Å². The van der Waals surface area contributed by atoms with Crippen LogP contribution in [0.2, 0.25) is 0 Å². The topological polar surface area (TPSA) is 143 Å². The zero-order valence-corrected chi connectivity index (χ0v) is 21.3. The number of nitrogens with zero attached hydrogens (tertiary/aromatic N) is 2. The highest BCUT2D eigenvalue weighted by atomic mass is 32.2. The van der Waals surface area contributed by atoms with Gasteiger partial charge in [-0.15, -0.1) is 0 Å². The number of sulfonamides is 1. The van der Waals surface area contributed by atoms with Crippen LogP contribution in [0.4, 0.5) is 5.69 Å². The fourth-order valence-electron chi connectivity index (χ4n) is 4.94. The molecule has 9 nitrogen and oxygen atoms in total. The first-order valence-corrected chi connectivity index (χ1v) is 13.8. The summed E-state index contributed by atoms with van der Waals surface area (Å²) >= 11 is 0. The number of aliphatic hydroxyl groups is 3. The number of fused-ring (bicyclic) bond motifs is 1. The molecule has 5 atom stereocenters. The van der Waals surface area contributed by atoms with Crippen molar-refractivity contribution in [1.82, 2.24) is 4.72 Å². The number of nitriles is 1. The van der Waals surface area contributed by atoms with Gasteiger partial charge in [-0.3, -0.25) is 0 Å². The van der Waals surface area contributed by atoms with Crippen LogP contribution in [0.1, 0.15) is 45.1 Å². The van der Waals surface area contributed by atoms with Crippen LogP contribution in [0.3, 0.4) is 0 Å². The molecule has 10 heteroatoms. The summed E-state index contributed by atoms with van der Waals surface area (Å²) in [4.78, 5) is 1.82. The third-order valence-corrected chi connectivity index (χ3v) is 8.62. The van der Waals surface area contributed by atoms with Crippen LogP contribution in [0.25, 0.3) is 16.3 Å². The van der Waals surface area contributed by atoms with Crippen LogP contribution in [0.15, 0.2) is 41.3 Å². The van der Waals surface area contributed by atoms with Gasteiger partial charge in [-0.25, -0.2) is 8.42 Å². The first kappa shape index (κ1) is 26.5. The molecule has 0 saturated carbocycles. The molecule has 4 rings (SSSR count). The largest absolute Gasteiger partial charge is 0.388 e. The van der Waals surface area contributed by atoms with Gasteiger partial charge < -0.3 is 25.0 Å². The second kappa shape index (κ2) is 10.8.